The number of ether oxygens (including phenoxy) is 2. The largest absolute Gasteiger partial charge is 0.493 e. The summed E-state index contributed by atoms with van der Waals surface area (Å²) < 4.78 is 41.2. The molecule has 2 aromatic rings. The van der Waals surface area contributed by atoms with Crippen molar-refractivity contribution in [2.24, 2.45) is 11.3 Å². The third-order valence-corrected chi connectivity index (χ3v) is 12.2. The van der Waals surface area contributed by atoms with Crippen molar-refractivity contribution < 1.29 is 37.1 Å². The Morgan fingerprint density at radius 2 is 1.85 bits per heavy atom. The monoisotopic (exact) mass is 742 g/mol. The summed E-state index contributed by atoms with van der Waals surface area (Å²) in [5.74, 6) is -2.62. The number of hydrogen-bond donors (Lipinski definition) is 3. The molecule has 1 aliphatic heterocycles. The number of rotatable bonds is 12. The van der Waals surface area contributed by atoms with Crippen LogP contribution < -0.4 is 25.7 Å². The molecule has 4 fully saturated rings. The first-order valence-corrected chi connectivity index (χ1v) is 19.1. The van der Waals surface area contributed by atoms with Crippen molar-refractivity contribution in [1.82, 2.24) is 39.6 Å². The molecule has 3 saturated carbocycles. The number of nitrogens with zero attached hydrogens (tertiary/aromatic N) is 5. The van der Waals surface area contributed by atoms with Crippen molar-refractivity contribution in [2.45, 2.75) is 107 Å². The van der Waals surface area contributed by atoms with E-state index >= 15 is 0 Å². The van der Waals surface area contributed by atoms with Crippen LogP contribution in [-0.4, -0.2) is 99.1 Å². The number of amides is 4. The molecule has 3 heterocycles. The molecule has 3 aliphatic carbocycles. The zero-order chi connectivity index (χ0) is 37.6. The molecular weight excluding hydrogens is 696 g/mol. The number of nitrogens with one attached hydrogen (secondary N) is 3. The Morgan fingerprint density at radius 3 is 2.42 bits per heavy atom. The maximum absolute atomic E-state index is 14.6. The molecule has 0 unspecified atom stereocenters. The Bertz CT molecular complexity index is 1900. The summed E-state index contributed by atoms with van der Waals surface area (Å²) in [6.07, 6.45) is 10.5. The summed E-state index contributed by atoms with van der Waals surface area (Å²) >= 11 is 0. The van der Waals surface area contributed by atoms with Crippen LogP contribution in [0.1, 0.15) is 78.2 Å². The molecule has 282 valence electrons. The molecule has 3 N–H and O–H groups in total. The van der Waals surface area contributed by atoms with Crippen molar-refractivity contribution in [1.29, 1.82) is 0 Å². The Morgan fingerprint density at radius 1 is 1.13 bits per heavy atom. The quantitative estimate of drug-likeness (QED) is 0.264. The topological polar surface area (TPSA) is 213 Å². The molecule has 52 heavy (non-hydrogen) atoms. The Kier molecular flexibility index (Phi) is 9.97. The highest BCUT2D eigenvalue weighted by molar-refractivity contribution is 7.91. The lowest BCUT2D eigenvalue weighted by atomic mass is 9.85. The number of hydrogen-bond acceptors (Lipinski definition) is 11. The minimum atomic E-state index is -3.93. The second-order valence-electron chi connectivity index (χ2n) is 15.1. The van der Waals surface area contributed by atoms with Gasteiger partial charge in [0.1, 0.15) is 23.7 Å². The van der Waals surface area contributed by atoms with Gasteiger partial charge in [-0.25, -0.2) is 22.9 Å². The van der Waals surface area contributed by atoms with E-state index in [2.05, 4.69) is 32.0 Å². The first-order valence-electron chi connectivity index (χ1n) is 17.5. The van der Waals surface area contributed by atoms with Crippen LogP contribution in [0.5, 0.6) is 5.75 Å². The van der Waals surface area contributed by atoms with Crippen LogP contribution in [0.2, 0.25) is 0 Å². The van der Waals surface area contributed by atoms with Crippen molar-refractivity contribution in [3.05, 3.63) is 47.9 Å². The molecule has 0 spiro atoms. The SMILES string of the molecule is C=C[C@@H]1C[C@]1(NC(=O)[C@@H]1C[C@@H](n2ncc(OC)c(-n3ccnc3)c2=O)CN1C(=O)[C@@H](NC(=O)OC1CCCC1)C(C)(C)C)C(=O)NS(=O)(=O)C1CC1. The van der Waals surface area contributed by atoms with Crippen LogP contribution in [0.15, 0.2) is 42.4 Å². The first-order chi connectivity index (χ1) is 24.6. The predicted octanol–water partition coefficient (Wildman–Crippen LogP) is 1.33. The predicted molar refractivity (Wildman–Crippen MR) is 186 cm³/mol. The van der Waals surface area contributed by atoms with Crippen molar-refractivity contribution in [3.63, 3.8) is 0 Å². The highest BCUT2D eigenvalue weighted by Gasteiger charge is 2.62. The molecular formula is C34H46N8O9S. The molecule has 1 saturated heterocycles. The summed E-state index contributed by atoms with van der Waals surface area (Å²) in [5, 5.41) is 9.14. The summed E-state index contributed by atoms with van der Waals surface area (Å²) in [6.45, 7) is 8.88. The van der Waals surface area contributed by atoms with Gasteiger partial charge in [0.25, 0.3) is 11.5 Å². The smallest absolute Gasteiger partial charge is 0.408 e. The number of sulfonamides is 1. The average molecular weight is 743 g/mol. The third-order valence-electron chi connectivity index (χ3n) is 10.3. The lowest BCUT2D eigenvalue weighted by molar-refractivity contribution is -0.142. The van der Waals surface area contributed by atoms with Gasteiger partial charge < -0.3 is 25.0 Å². The molecule has 0 bridgehead atoms. The lowest BCUT2D eigenvalue weighted by Crippen LogP contribution is -2.60. The van der Waals surface area contributed by atoms with Gasteiger partial charge >= 0.3 is 6.09 Å². The van der Waals surface area contributed by atoms with Crippen LogP contribution in [0.3, 0.4) is 0 Å². The average Bonchev–Trinajstić information content (AvgIpc) is 3.83. The van der Waals surface area contributed by atoms with Gasteiger partial charge in [-0.1, -0.05) is 26.8 Å². The van der Waals surface area contributed by atoms with Gasteiger partial charge in [0.05, 0.1) is 30.9 Å². The zero-order valence-electron chi connectivity index (χ0n) is 29.7. The molecule has 5 atom stereocenters. The minimum Gasteiger partial charge on any atom is -0.493 e. The number of imidazole rings is 1. The summed E-state index contributed by atoms with van der Waals surface area (Å²) in [4.78, 5) is 74.7. The van der Waals surface area contributed by atoms with Gasteiger partial charge in [-0.05, 0) is 50.4 Å². The van der Waals surface area contributed by atoms with Gasteiger partial charge in [-0.3, -0.25) is 28.5 Å². The van der Waals surface area contributed by atoms with E-state index < -0.39 is 79.6 Å². The van der Waals surface area contributed by atoms with E-state index in [1.807, 2.05) is 0 Å². The first kappa shape index (κ1) is 37.0. The van der Waals surface area contributed by atoms with Crippen LogP contribution in [0.25, 0.3) is 5.69 Å². The van der Waals surface area contributed by atoms with Crippen molar-refractivity contribution in [3.8, 4) is 11.4 Å². The van der Waals surface area contributed by atoms with Crippen molar-refractivity contribution in [2.75, 3.05) is 13.7 Å². The van der Waals surface area contributed by atoms with Gasteiger partial charge in [-0.2, -0.15) is 5.10 Å². The summed E-state index contributed by atoms with van der Waals surface area (Å²) in [5.41, 5.74) is -2.91. The number of aromatic nitrogens is 4. The highest BCUT2D eigenvalue weighted by Crippen LogP contribution is 2.46. The fourth-order valence-electron chi connectivity index (χ4n) is 7.11. The van der Waals surface area contributed by atoms with Crippen LogP contribution >= 0.6 is 0 Å². The van der Waals surface area contributed by atoms with Crippen LogP contribution in [-0.2, 0) is 29.1 Å². The third kappa shape index (κ3) is 7.29. The molecule has 0 radical (unpaired) electrons. The molecule has 6 rings (SSSR count). The Balaban J connectivity index is 1.32. The standard InChI is InChI=1S/C34H46N8O9S/c1-6-20-16-34(20,31(46)39-52(48,49)23-11-12-23)38-28(43)24-15-21(42-29(44)26(25(50-5)17-36-42)40-14-13-35-19-40)18-41(24)30(45)27(33(2,3)4)37-32(47)51-22-9-7-8-10-22/h6,13-14,17,19-24,27H,1,7-12,15-16,18H2,2-5H3,(H,37,47)(H,38,43)(H,39,46)/t20-,21-,24+,27-,34-/m1/s1. The molecule has 4 amide bonds. The fourth-order valence-corrected chi connectivity index (χ4v) is 8.47. The normalized spacial score (nSPS) is 25.2. The second kappa shape index (κ2) is 14.0. The van der Waals surface area contributed by atoms with E-state index in [9.17, 15) is 32.4 Å². The lowest BCUT2D eigenvalue weighted by Gasteiger charge is -2.35. The molecule has 18 heteroatoms. The molecule has 4 aliphatic rings. The Labute approximate surface area is 301 Å². The van der Waals surface area contributed by atoms with E-state index in [4.69, 9.17) is 9.47 Å². The number of methoxy groups -OCH3 is 1. The van der Waals surface area contributed by atoms with Crippen LogP contribution in [0.4, 0.5) is 4.79 Å². The second-order valence-corrected chi connectivity index (χ2v) is 17.1. The fraction of sp³-hybridized carbons (Fsp3) is 0.618. The number of alkyl carbamates (subject to hydrolysis) is 1. The van der Waals surface area contributed by atoms with E-state index in [0.717, 1.165) is 25.7 Å². The number of carbonyl (C=O) groups is 4. The van der Waals surface area contributed by atoms with E-state index in [1.54, 1.807) is 27.0 Å². The maximum atomic E-state index is 14.6. The Hall–Kier alpha value is -4.74. The van der Waals surface area contributed by atoms with E-state index in [-0.39, 0.29) is 36.9 Å². The molecule has 17 nitrogen and oxygen atoms in total. The summed E-state index contributed by atoms with van der Waals surface area (Å²) in [6, 6.07) is -3.24. The zero-order valence-corrected chi connectivity index (χ0v) is 30.6. The van der Waals surface area contributed by atoms with Gasteiger partial charge in [0.2, 0.25) is 21.8 Å². The highest BCUT2D eigenvalue weighted by atomic mass is 32.2. The minimum absolute atomic E-state index is 0.0968. The van der Waals surface area contributed by atoms with Gasteiger partial charge in [-0.15, -0.1) is 6.58 Å². The maximum Gasteiger partial charge on any atom is 0.408 e. The van der Waals surface area contributed by atoms with Gasteiger partial charge in [0.15, 0.2) is 11.4 Å². The van der Waals surface area contributed by atoms with Gasteiger partial charge in [0, 0.05) is 31.3 Å². The number of likely N-dealkylation sites (tertiary alicyclic amines) is 1. The summed E-state index contributed by atoms with van der Waals surface area (Å²) in [7, 11) is -2.54. The van der Waals surface area contributed by atoms with E-state index in [0.29, 0.717) is 12.8 Å². The van der Waals surface area contributed by atoms with Crippen molar-refractivity contribution >= 4 is 33.8 Å². The number of carbonyl (C=O) groups excluding carboxylic acids is 4. The van der Waals surface area contributed by atoms with E-state index in [1.165, 1.54) is 46.1 Å². The molecule has 2 aromatic heterocycles. The molecule has 0 aromatic carbocycles. The van der Waals surface area contributed by atoms with Crippen LogP contribution in [0, 0.1) is 11.3 Å².